The number of nitrogens with one attached hydrogen (secondary N) is 2. The molecule has 2 rings (SSSR count). The number of methoxy groups -OCH3 is 1. The van der Waals surface area contributed by atoms with Gasteiger partial charge in [-0.2, -0.15) is 5.10 Å². The summed E-state index contributed by atoms with van der Waals surface area (Å²) in [6.07, 6.45) is 0.736. The molecular weight excluding hydrogens is 272 g/mol. The number of carbonyl (C=O) groups excluding carboxylic acids is 1. The van der Waals surface area contributed by atoms with Crippen LogP contribution in [0.3, 0.4) is 0 Å². The van der Waals surface area contributed by atoms with Crippen LogP contribution in [0.1, 0.15) is 16.9 Å². The molecular formula is C14H20N4O3. The highest BCUT2D eigenvalue weighted by Crippen LogP contribution is 2.18. The maximum absolute atomic E-state index is 12.1. The Kier molecular flexibility index (Phi) is 5.53. The third-order valence-electron chi connectivity index (χ3n) is 2.98. The molecule has 7 heteroatoms. The predicted molar refractivity (Wildman–Crippen MR) is 80.2 cm³/mol. The van der Waals surface area contributed by atoms with Gasteiger partial charge in [-0.05, 0) is 24.6 Å². The Morgan fingerprint density at radius 1 is 1.38 bits per heavy atom. The van der Waals surface area contributed by atoms with Crippen LogP contribution in [0.25, 0.3) is 10.9 Å². The molecule has 7 nitrogen and oxygen atoms in total. The van der Waals surface area contributed by atoms with E-state index < -0.39 is 0 Å². The second-order valence-corrected chi connectivity index (χ2v) is 4.59. The van der Waals surface area contributed by atoms with Crippen molar-refractivity contribution in [2.45, 2.75) is 6.42 Å². The fourth-order valence-corrected chi connectivity index (χ4v) is 1.91. The minimum atomic E-state index is -0.219. The second kappa shape index (κ2) is 7.61. The topological polar surface area (TPSA) is 102 Å². The van der Waals surface area contributed by atoms with Crippen molar-refractivity contribution in [2.24, 2.45) is 0 Å². The smallest absolute Gasteiger partial charge is 0.272 e. The Labute approximate surface area is 122 Å². The third kappa shape index (κ3) is 4.17. The summed E-state index contributed by atoms with van der Waals surface area (Å²) < 4.78 is 10.2. The van der Waals surface area contributed by atoms with Crippen LogP contribution in [0.15, 0.2) is 18.2 Å². The number of H-pyrrole nitrogens is 1. The van der Waals surface area contributed by atoms with Crippen molar-refractivity contribution in [3.8, 4) is 0 Å². The highest BCUT2D eigenvalue weighted by Gasteiger charge is 2.13. The Morgan fingerprint density at radius 3 is 3.05 bits per heavy atom. The third-order valence-corrected chi connectivity index (χ3v) is 2.98. The van der Waals surface area contributed by atoms with Crippen molar-refractivity contribution >= 4 is 22.5 Å². The molecule has 1 aromatic carbocycles. The number of rotatable bonds is 8. The normalized spacial score (nSPS) is 10.9. The highest BCUT2D eigenvalue weighted by molar-refractivity contribution is 6.05. The standard InChI is InChI=1S/C14H20N4O3/c1-20-7-8-21-6-2-5-16-14(19)13-11-9-10(15)3-4-12(11)17-18-13/h3-4,9H,2,5-8,15H2,1H3,(H,16,19)(H,17,18). The van der Waals surface area contributed by atoms with Crippen molar-refractivity contribution in [2.75, 3.05) is 39.2 Å². The minimum absolute atomic E-state index is 0.219. The molecule has 114 valence electrons. The molecule has 0 radical (unpaired) electrons. The molecule has 0 atom stereocenters. The first-order valence-corrected chi connectivity index (χ1v) is 6.81. The molecule has 0 spiro atoms. The van der Waals surface area contributed by atoms with E-state index in [1.165, 1.54) is 0 Å². The fourth-order valence-electron chi connectivity index (χ4n) is 1.91. The number of nitrogens with two attached hydrogens (primary N) is 1. The molecule has 0 saturated heterocycles. The lowest BCUT2D eigenvalue weighted by Gasteiger charge is -2.05. The zero-order valence-corrected chi connectivity index (χ0v) is 12.0. The lowest BCUT2D eigenvalue weighted by Crippen LogP contribution is -2.26. The summed E-state index contributed by atoms with van der Waals surface area (Å²) in [5.41, 5.74) is 7.48. The monoisotopic (exact) mass is 292 g/mol. The van der Waals surface area contributed by atoms with E-state index in [4.69, 9.17) is 15.2 Å². The zero-order valence-electron chi connectivity index (χ0n) is 12.0. The number of carbonyl (C=O) groups is 1. The second-order valence-electron chi connectivity index (χ2n) is 4.59. The first-order chi connectivity index (χ1) is 10.2. The van der Waals surface area contributed by atoms with Gasteiger partial charge in [-0.1, -0.05) is 0 Å². The summed E-state index contributed by atoms with van der Waals surface area (Å²) in [5, 5.41) is 10.4. The fraction of sp³-hybridized carbons (Fsp3) is 0.429. The van der Waals surface area contributed by atoms with Crippen LogP contribution in [0.5, 0.6) is 0 Å². The van der Waals surface area contributed by atoms with Gasteiger partial charge in [0.05, 0.1) is 18.7 Å². The van der Waals surface area contributed by atoms with Gasteiger partial charge in [-0.15, -0.1) is 0 Å². The molecule has 0 unspecified atom stereocenters. The average Bonchev–Trinajstić information content (AvgIpc) is 2.89. The maximum Gasteiger partial charge on any atom is 0.272 e. The van der Waals surface area contributed by atoms with Gasteiger partial charge in [-0.25, -0.2) is 0 Å². The van der Waals surface area contributed by atoms with E-state index in [0.717, 1.165) is 17.3 Å². The number of nitrogen functional groups attached to an aromatic ring is 1. The molecule has 1 amide bonds. The number of nitrogens with zero attached hydrogens (tertiary/aromatic N) is 1. The minimum Gasteiger partial charge on any atom is -0.399 e. The first-order valence-electron chi connectivity index (χ1n) is 6.81. The molecule has 0 saturated carbocycles. The van der Waals surface area contributed by atoms with Crippen LogP contribution in [-0.2, 0) is 9.47 Å². The molecule has 0 bridgehead atoms. The molecule has 0 aliphatic carbocycles. The lowest BCUT2D eigenvalue weighted by molar-refractivity contribution is 0.0688. The number of aromatic nitrogens is 2. The quantitative estimate of drug-likeness (QED) is 0.496. The van der Waals surface area contributed by atoms with Crippen LogP contribution >= 0.6 is 0 Å². The summed E-state index contributed by atoms with van der Waals surface area (Å²) >= 11 is 0. The largest absolute Gasteiger partial charge is 0.399 e. The maximum atomic E-state index is 12.1. The number of fused-ring (bicyclic) bond motifs is 1. The number of benzene rings is 1. The summed E-state index contributed by atoms with van der Waals surface area (Å²) in [6.45, 7) is 2.25. The van der Waals surface area contributed by atoms with Gasteiger partial charge < -0.3 is 20.5 Å². The summed E-state index contributed by atoms with van der Waals surface area (Å²) in [5.74, 6) is -0.219. The molecule has 0 fully saturated rings. The molecule has 4 N–H and O–H groups in total. The van der Waals surface area contributed by atoms with Crippen molar-refractivity contribution in [3.63, 3.8) is 0 Å². The van der Waals surface area contributed by atoms with Crippen LogP contribution in [0, 0.1) is 0 Å². The van der Waals surface area contributed by atoms with E-state index in [9.17, 15) is 4.79 Å². The predicted octanol–water partition coefficient (Wildman–Crippen LogP) is 0.928. The van der Waals surface area contributed by atoms with E-state index in [-0.39, 0.29) is 5.91 Å². The van der Waals surface area contributed by atoms with Crippen molar-refractivity contribution < 1.29 is 14.3 Å². The first kappa shape index (κ1) is 15.3. The van der Waals surface area contributed by atoms with E-state index in [0.29, 0.717) is 37.7 Å². The van der Waals surface area contributed by atoms with Gasteiger partial charge in [-0.3, -0.25) is 9.89 Å². The van der Waals surface area contributed by atoms with Crippen LogP contribution in [0.4, 0.5) is 5.69 Å². The van der Waals surface area contributed by atoms with Crippen molar-refractivity contribution in [1.29, 1.82) is 0 Å². The van der Waals surface area contributed by atoms with Gasteiger partial charge >= 0.3 is 0 Å². The van der Waals surface area contributed by atoms with Crippen LogP contribution in [-0.4, -0.2) is 49.6 Å². The summed E-state index contributed by atoms with van der Waals surface area (Å²) in [4.78, 5) is 12.1. The van der Waals surface area contributed by atoms with Gasteiger partial charge in [0.2, 0.25) is 0 Å². The molecule has 0 aliphatic heterocycles. The SMILES string of the molecule is COCCOCCCNC(=O)c1n[nH]c2ccc(N)cc12. The molecule has 1 heterocycles. The number of anilines is 1. The van der Waals surface area contributed by atoms with Gasteiger partial charge in [0.1, 0.15) is 0 Å². The van der Waals surface area contributed by atoms with E-state index in [1.807, 2.05) is 0 Å². The van der Waals surface area contributed by atoms with E-state index >= 15 is 0 Å². The molecule has 0 aliphatic rings. The molecule has 1 aromatic heterocycles. The van der Waals surface area contributed by atoms with Crippen molar-refractivity contribution in [1.82, 2.24) is 15.5 Å². The van der Waals surface area contributed by atoms with Crippen molar-refractivity contribution in [3.05, 3.63) is 23.9 Å². The van der Waals surface area contributed by atoms with Gasteiger partial charge in [0.25, 0.3) is 5.91 Å². The van der Waals surface area contributed by atoms with Gasteiger partial charge in [0.15, 0.2) is 5.69 Å². The number of hydrogen-bond acceptors (Lipinski definition) is 5. The Hall–Kier alpha value is -2.12. The van der Waals surface area contributed by atoms with Crippen LogP contribution in [0.2, 0.25) is 0 Å². The van der Waals surface area contributed by atoms with Gasteiger partial charge in [0, 0.05) is 31.3 Å². The lowest BCUT2D eigenvalue weighted by atomic mass is 10.2. The van der Waals surface area contributed by atoms with E-state index in [1.54, 1.807) is 25.3 Å². The molecule has 2 aromatic rings. The average molecular weight is 292 g/mol. The number of aromatic amines is 1. The molecule has 21 heavy (non-hydrogen) atoms. The summed E-state index contributed by atoms with van der Waals surface area (Å²) in [6, 6.07) is 5.30. The highest BCUT2D eigenvalue weighted by atomic mass is 16.5. The van der Waals surface area contributed by atoms with E-state index in [2.05, 4.69) is 15.5 Å². The van der Waals surface area contributed by atoms with Crippen LogP contribution < -0.4 is 11.1 Å². The Balaban J connectivity index is 1.81. The zero-order chi connectivity index (χ0) is 15.1. The number of amides is 1. The summed E-state index contributed by atoms with van der Waals surface area (Å²) in [7, 11) is 1.63. The Morgan fingerprint density at radius 2 is 2.24 bits per heavy atom. The number of ether oxygens (including phenoxy) is 2. The Bertz CT molecular complexity index is 597. The number of hydrogen-bond donors (Lipinski definition) is 3.